The third kappa shape index (κ3) is 4.20. The van der Waals surface area contributed by atoms with Crippen LogP contribution in [0.2, 0.25) is 5.02 Å². The Morgan fingerprint density at radius 2 is 2.21 bits per heavy atom. The van der Waals surface area contributed by atoms with Gasteiger partial charge in [0.2, 0.25) is 0 Å². The van der Waals surface area contributed by atoms with Crippen molar-refractivity contribution in [2.75, 3.05) is 26.8 Å². The van der Waals surface area contributed by atoms with Gasteiger partial charge in [0.25, 0.3) is 0 Å². The Morgan fingerprint density at radius 1 is 1.33 bits per heavy atom. The number of hydrogen-bond acceptors (Lipinski definition) is 4. The molecule has 0 spiro atoms. The molecule has 2 N–H and O–H groups in total. The summed E-state index contributed by atoms with van der Waals surface area (Å²) in [6.07, 6.45) is 0.368. The molecule has 4 nitrogen and oxygen atoms in total. The fourth-order valence-electron chi connectivity index (χ4n) is 2.95. The number of benzene rings is 2. The molecule has 3 rings (SSSR count). The Labute approximate surface area is 147 Å². The number of rotatable bonds is 6. The molecular weight excluding hydrogens is 326 g/mol. The van der Waals surface area contributed by atoms with Crippen molar-refractivity contribution in [3.8, 4) is 11.5 Å². The zero-order chi connectivity index (χ0) is 16.9. The van der Waals surface area contributed by atoms with E-state index in [2.05, 4.69) is 5.32 Å². The molecule has 2 unspecified atom stereocenters. The first kappa shape index (κ1) is 17.1. The molecule has 0 amide bonds. The highest BCUT2D eigenvalue weighted by molar-refractivity contribution is 6.30. The van der Waals surface area contributed by atoms with Gasteiger partial charge in [-0.2, -0.15) is 0 Å². The standard InChI is InChI=1S/C19H22ClNO3/c1-23-17-5-6-19-15(9-17)7-13(12-24-19)10-21-11-18(22)14-3-2-4-16(20)8-14/h2-6,8-9,13,18,21-22H,7,10-12H2,1H3. The molecule has 128 valence electrons. The van der Waals surface area contributed by atoms with Gasteiger partial charge in [0.15, 0.2) is 0 Å². The molecule has 2 atom stereocenters. The van der Waals surface area contributed by atoms with Gasteiger partial charge in [-0.05, 0) is 47.9 Å². The minimum atomic E-state index is -0.569. The number of hydrogen-bond donors (Lipinski definition) is 2. The second kappa shape index (κ2) is 7.88. The number of nitrogens with one attached hydrogen (secondary N) is 1. The average molecular weight is 348 g/mol. The van der Waals surface area contributed by atoms with Crippen molar-refractivity contribution in [2.45, 2.75) is 12.5 Å². The van der Waals surface area contributed by atoms with Crippen LogP contribution in [0.15, 0.2) is 42.5 Å². The first-order valence-corrected chi connectivity index (χ1v) is 8.47. The Kier molecular flexibility index (Phi) is 5.61. The first-order chi connectivity index (χ1) is 11.7. The van der Waals surface area contributed by atoms with Gasteiger partial charge in [-0.3, -0.25) is 0 Å². The minimum Gasteiger partial charge on any atom is -0.497 e. The Balaban J connectivity index is 1.50. The van der Waals surface area contributed by atoms with Gasteiger partial charge in [-0.15, -0.1) is 0 Å². The molecule has 0 saturated heterocycles. The van der Waals surface area contributed by atoms with Gasteiger partial charge >= 0.3 is 0 Å². The third-order valence-corrected chi connectivity index (χ3v) is 4.49. The van der Waals surface area contributed by atoms with Crippen LogP contribution in [0, 0.1) is 5.92 Å². The van der Waals surface area contributed by atoms with Crippen molar-refractivity contribution in [1.82, 2.24) is 5.32 Å². The molecule has 0 radical (unpaired) electrons. The fourth-order valence-corrected chi connectivity index (χ4v) is 3.15. The van der Waals surface area contributed by atoms with E-state index in [1.807, 2.05) is 30.3 Å². The van der Waals surface area contributed by atoms with E-state index < -0.39 is 6.10 Å². The van der Waals surface area contributed by atoms with Crippen molar-refractivity contribution in [3.05, 3.63) is 58.6 Å². The maximum absolute atomic E-state index is 10.2. The number of fused-ring (bicyclic) bond motifs is 1. The van der Waals surface area contributed by atoms with Crippen molar-refractivity contribution in [2.24, 2.45) is 5.92 Å². The van der Waals surface area contributed by atoms with Crippen molar-refractivity contribution >= 4 is 11.6 Å². The van der Waals surface area contributed by atoms with Gasteiger partial charge in [0, 0.05) is 24.0 Å². The summed E-state index contributed by atoms with van der Waals surface area (Å²) >= 11 is 5.96. The van der Waals surface area contributed by atoms with Crippen LogP contribution in [0.4, 0.5) is 0 Å². The summed E-state index contributed by atoms with van der Waals surface area (Å²) in [6.45, 7) is 1.95. The molecule has 1 heterocycles. The van der Waals surface area contributed by atoms with E-state index in [0.29, 0.717) is 24.1 Å². The monoisotopic (exact) mass is 347 g/mol. The molecule has 0 bridgehead atoms. The Bertz CT molecular complexity index is 692. The lowest BCUT2D eigenvalue weighted by Gasteiger charge is -2.26. The summed E-state index contributed by atoms with van der Waals surface area (Å²) in [4.78, 5) is 0. The predicted molar refractivity (Wildman–Crippen MR) is 95.0 cm³/mol. The highest BCUT2D eigenvalue weighted by Crippen LogP contribution is 2.30. The number of methoxy groups -OCH3 is 1. The largest absolute Gasteiger partial charge is 0.497 e. The SMILES string of the molecule is COc1ccc2c(c1)CC(CNCC(O)c1cccc(Cl)c1)CO2. The smallest absolute Gasteiger partial charge is 0.122 e. The van der Waals surface area contributed by atoms with Crippen molar-refractivity contribution < 1.29 is 14.6 Å². The molecular formula is C19H22ClNO3. The van der Waals surface area contributed by atoms with E-state index in [0.717, 1.165) is 30.0 Å². The van der Waals surface area contributed by atoms with Gasteiger partial charge in [-0.1, -0.05) is 23.7 Å². The van der Waals surface area contributed by atoms with Gasteiger partial charge in [-0.25, -0.2) is 0 Å². The van der Waals surface area contributed by atoms with Crippen LogP contribution >= 0.6 is 11.6 Å². The van der Waals surface area contributed by atoms with E-state index in [4.69, 9.17) is 21.1 Å². The highest BCUT2D eigenvalue weighted by atomic mass is 35.5. The molecule has 1 aliphatic rings. The molecule has 2 aromatic rings. The van der Waals surface area contributed by atoms with Crippen LogP contribution in [-0.4, -0.2) is 31.9 Å². The topological polar surface area (TPSA) is 50.7 Å². The number of ether oxygens (including phenoxy) is 2. The Hall–Kier alpha value is -1.75. The van der Waals surface area contributed by atoms with Gasteiger partial charge in [0.1, 0.15) is 11.5 Å². The summed E-state index contributed by atoms with van der Waals surface area (Å²) in [6, 6.07) is 13.2. The van der Waals surface area contributed by atoms with Crippen molar-refractivity contribution in [3.63, 3.8) is 0 Å². The van der Waals surface area contributed by atoms with E-state index in [1.54, 1.807) is 19.2 Å². The summed E-state index contributed by atoms with van der Waals surface area (Å²) in [7, 11) is 1.67. The van der Waals surface area contributed by atoms with Crippen LogP contribution in [0.3, 0.4) is 0 Å². The zero-order valence-corrected chi connectivity index (χ0v) is 14.4. The molecule has 0 aliphatic carbocycles. The third-order valence-electron chi connectivity index (χ3n) is 4.25. The lowest BCUT2D eigenvalue weighted by atomic mass is 9.96. The lowest BCUT2D eigenvalue weighted by Crippen LogP contribution is -2.33. The van der Waals surface area contributed by atoms with E-state index in [1.165, 1.54) is 5.56 Å². The maximum atomic E-state index is 10.2. The maximum Gasteiger partial charge on any atom is 0.122 e. The summed E-state index contributed by atoms with van der Waals surface area (Å²) < 4.78 is 11.1. The summed E-state index contributed by atoms with van der Waals surface area (Å²) in [5.74, 6) is 2.16. The van der Waals surface area contributed by atoms with Gasteiger partial charge in [0.05, 0.1) is 19.8 Å². The molecule has 0 aromatic heterocycles. The normalized spacial score (nSPS) is 17.7. The van der Waals surface area contributed by atoms with Crippen molar-refractivity contribution in [1.29, 1.82) is 0 Å². The average Bonchev–Trinajstić information content (AvgIpc) is 2.61. The van der Waals surface area contributed by atoms with Crippen LogP contribution < -0.4 is 14.8 Å². The van der Waals surface area contributed by atoms with Gasteiger partial charge < -0.3 is 19.9 Å². The molecule has 24 heavy (non-hydrogen) atoms. The second-order valence-electron chi connectivity index (χ2n) is 6.08. The lowest BCUT2D eigenvalue weighted by molar-refractivity contribution is 0.165. The van der Waals surface area contributed by atoms with Crippen LogP contribution in [0.5, 0.6) is 11.5 Å². The molecule has 2 aromatic carbocycles. The highest BCUT2D eigenvalue weighted by Gasteiger charge is 2.20. The quantitative estimate of drug-likeness (QED) is 0.842. The molecule has 0 fully saturated rings. The van der Waals surface area contributed by atoms with E-state index in [9.17, 15) is 5.11 Å². The van der Waals surface area contributed by atoms with Crippen LogP contribution in [0.1, 0.15) is 17.2 Å². The Morgan fingerprint density at radius 3 is 3.00 bits per heavy atom. The minimum absolute atomic E-state index is 0.371. The van der Waals surface area contributed by atoms with Crippen LogP contribution in [0.25, 0.3) is 0 Å². The first-order valence-electron chi connectivity index (χ1n) is 8.09. The fraction of sp³-hybridized carbons (Fsp3) is 0.368. The second-order valence-corrected chi connectivity index (χ2v) is 6.52. The molecule has 0 saturated carbocycles. The molecule has 5 heteroatoms. The van der Waals surface area contributed by atoms with Crippen LogP contribution in [-0.2, 0) is 6.42 Å². The predicted octanol–water partition coefficient (Wildman–Crippen LogP) is 3.22. The summed E-state index contributed by atoms with van der Waals surface area (Å²) in [5, 5.41) is 14.2. The number of aliphatic hydroxyl groups excluding tert-OH is 1. The number of halogens is 1. The van der Waals surface area contributed by atoms with E-state index in [-0.39, 0.29) is 0 Å². The number of aliphatic hydroxyl groups is 1. The summed E-state index contributed by atoms with van der Waals surface area (Å²) in [5.41, 5.74) is 1.99. The van der Waals surface area contributed by atoms with E-state index >= 15 is 0 Å². The zero-order valence-electron chi connectivity index (χ0n) is 13.7. The molecule has 1 aliphatic heterocycles.